The van der Waals surface area contributed by atoms with Crippen molar-refractivity contribution in [3.05, 3.63) is 96.6 Å². The van der Waals surface area contributed by atoms with Gasteiger partial charge in [-0.1, -0.05) is 106 Å². The van der Waals surface area contributed by atoms with E-state index in [1.165, 1.54) is 10.4 Å². The van der Waals surface area contributed by atoms with Crippen LogP contribution in [0, 0.1) is 0 Å². The van der Waals surface area contributed by atoms with Gasteiger partial charge in [-0.3, -0.25) is 4.90 Å². The van der Waals surface area contributed by atoms with Crippen molar-refractivity contribution >= 4 is 41.2 Å². The Morgan fingerprint density at radius 2 is 1.35 bits per heavy atom. The Labute approximate surface area is 201 Å². The molecule has 0 saturated carbocycles. The van der Waals surface area contributed by atoms with E-state index in [1.807, 2.05) is 30.3 Å². The number of benzene rings is 4. The van der Waals surface area contributed by atoms with Crippen LogP contribution < -0.4 is 19.7 Å². The van der Waals surface area contributed by atoms with Gasteiger partial charge in [-0.15, -0.1) is 0 Å². The lowest BCUT2D eigenvalue weighted by atomic mass is 10.0. The fourth-order valence-corrected chi connectivity index (χ4v) is 9.50. The number of fused-ring (bicyclic) bond motifs is 3. The van der Waals surface area contributed by atoms with E-state index in [9.17, 15) is 4.79 Å². The number of hydrogen-bond donors (Lipinski definition) is 0. The van der Waals surface area contributed by atoms with Gasteiger partial charge in [0, 0.05) is 24.1 Å². The van der Waals surface area contributed by atoms with Gasteiger partial charge in [-0.05, 0) is 20.8 Å². The smallest absolute Gasteiger partial charge is 0.414 e. The molecule has 5 heteroatoms. The van der Waals surface area contributed by atoms with Gasteiger partial charge < -0.3 is 9.16 Å². The minimum Gasteiger partial charge on any atom is -0.533 e. The second-order valence-electron chi connectivity index (χ2n) is 9.80. The molecule has 0 aromatic heterocycles. The van der Waals surface area contributed by atoms with Crippen LogP contribution in [0.2, 0.25) is 5.04 Å². The highest BCUT2D eigenvalue weighted by Crippen LogP contribution is 2.43. The summed E-state index contributed by atoms with van der Waals surface area (Å²) in [5.74, 6) is 0.796. The third kappa shape index (κ3) is 3.48. The molecule has 0 fully saturated rings. The second-order valence-corrected chi connectivity index (χ2v) is 14.0. The summed E-state index contributed by atoms with van der Waals surface area (Å²) < 4.78 is 12.8. The van der Waals surface area contributed by atoms with Crippen LogP contribution in [0.1, 0.15) is 26.3 Å². The summed E-state index contributed by atoms with van der Waals surface area (Å²) in [6.07, 6.45) is -0.348. The van der Waals surface area contributed by atoms with Gasteiger partial charge >= 0.3 is 14.4 Å². The van der Waals surface area contributed by atoms with Crippen molar-refractivity contribution in [2.24, 2.45) is 0 Å². The number of carbonyl (C=O) groups excluding carboxylic acids is 1. The van der Waals surface area contributed by atoms with Crippen molar-refractivity contribution < 1.29 is 14.0 Å². The number of carbonyl (C=O) groups is 1. The molecule has 5 rings (SSSR count). The lowest BCUT2D eigenvalue weighted by Gasteiger charge is -2.43. The molecule has 0 atom stereocenters. The van der Waals surface area contributed by atoms with Gasteiger partial charge in [0.05, 0.1) is 5.69 Å². The topological polar surface area (TPSA) is 38.8 Å². The van der Waals surface area contributed by atoms with Crippen molar-refractivity contribution in [3.8, 4) is 5.75 Å². The zero-order valence-electron chi connectivity index (χ0n) is 20.0. The van der Waals surface area contributed by atoms with Gasteiger partial charge in [0.1, 0.15) is 12.4 Å². The zero-order valence-corrected chi connectivity index (χ0v) is 21.0. The molecule has 0 aliphatic carbocycles. The molecular formula is C29H29NO3Si. The number of cyclic esters (lactones) is 1. The first-order chi connectivity index (χ1) is 16.3. The van der Waals surface area contributed by atoms with Crippen LogP contribution in [0.15, 0.2) is 91.0 Å². The SMILES string of the molecule is CN1C(=O)OCc2c1cc(O[Si](c1ccccc1)(c1ccccc1)C(C)(C)C)c1ccccc21. The highest BCUT2D eigenvalue weighted by molar-refractivity contribution is 7.00. The predicted octanol–water partition coefficient (Wildman–Crippen LogP) is 5.87. The largest absolute Gasteiger partial charge is 0.533 e. The molecule has 0 spiro atoms. The maximum Gasteiger partial charge on any atom is 0.414 e. The molecule has 4 nitrogen and oxygen atoms in total. The molecule has 0 unspecified atom stereocenters. The molecule has 1 heterocycles. The van der Waals surface area contributed by atoms with Gasteiger partial charge in [-0.2, -0.15) is 0 Å². The summed E-state index contributed by atoms with van der Waals surface area (Å²) in [5.41, 5.74) is 1.84. The standard InChI is InChI=1S/C29H29NO3Si/c1-29(2,3)34(21-13-7-5-8-14-21,22-15-9-6-10-16-22)33-27-19-26-25(20-32-28(31)30(26)4)23-17-11-12-18-24(23)27/h5-19H,20H2,1-4H3. The Kier molecular flexibility index (Phi) is 5.45. The molecule has 0 radical (unpaired) electrons. The summed E-state index contributed by atoms with van der Waals surface area (Å²) in [6, 6.07) is 31.5. The summed E-state index contributed by atoms with van der Waals surface area (Å²) >= 11 is 0. The zero-order chi connectivity index (χ0) is 23.9. The lowest BCUT2D eigenvalue weighted by molar-refractivity contribution is 0.144. The number of ether oxygens (including phenoxy) is 1. The maximum absolute atomic E-state index is 12.4. The fraction of sp³-hybridized carbons (Fsp3) is 0.207. The van der Waals surface area contributed by atoms with Crippen molar-refractivity contribution in [2.45, 2.75) is 32.4 Å². The Hall–Kier alpha value is -3.57. The average molecular weight is 468 g/mol. The molecule has 0 bridgehead atoms. The predicted molar refractivity (Wildman–Crippen MR) is 141 cm³/mol. The first-order valence-corrected chi connectivity index (χ1v) is 13.5. The summed E-state index contributed by atoms with van der Waals surface area (Å²) in [7, 11) is -1.07. The Balaban J connectivity index is 1.81. The van der Waals surface area contributed by atoms with Crippen LogP contribution in [0.5, 0.6) is 5.75 Å². The van der Waals surface area contributed by atoms with Crippen LogP contribution in [0.4, 0.5) is 10.5 Å². The van der Waals surface area contributed by atoms with E-state index in [2.05, 4.69) is 81.4 Å². The highest BCUT2D eigenvalue weighted by atomic mass is 28.4. The normalized spacial score (nSPS) is 14.0. The van der Waals surface area contributed by atoms with Crippen molar-refractivity contribution in [1.82, 2.24) is 0 Å². The first-order valence-electron chi connectivity index (χ1n) is 11.6. The van der Waals surface area contributed by atoms with Gasteiger partial charge in [-0.25, -0.2) is 4.79 Å². The second kappa shape index (κ2) is 8.33. The van der Waals surface area contributed by atoms with Gasteiger partial charge in [0.2, 0.25) is 0 Å². The van der Waals surface area contributed by atoms with Crippen LogP contribution in [-0.4, -0.2) is 21.5 Å². The van der Waals surface area contributed by atoms with Crippen molar-refractivity contribution in [3.63, 3.8) is 0 Å². The summed E-state index contributed by atoms with van der Waals surface area (Å²) in [5, 5.41) is 4.33. The van der Waals surface area contributed by atoms with E-state index >= 15 is 0 Å². The Morgan fingerprint density at radius 3 is 1.91 bits per heavy atom. The van der Waals surface area contributed by atoms with Crippen LogP contribution in [-0.2, 0) is 11.3 Å². The Bertz CT molecular complexity index is 1310. The molecule has 1 aliphatic heterocycles. The minimum atomic E-state index is -2.83. The monoisotopic (exact) mass is 467 g/mol. The summed E-state index contributed by atoms with van der Waals surface area (Å²) in [6.45, 7) is 7.06. The van der Waals surface area contributed by atoms with E-state index in [0.29, 0.717) is 0 Å². The van der Waals surface area contributed by atoms with E-state index in [1.54, 1.807) is 11.9 Å². The van der Waals surface area contributed by atoms with Gasteiger partial charge in [0.15, 0.2) is 0 Å². The number of nitrogens with zero attached hydrogens (tertiary/aromatic N) is 1. The molecule has 172 valence electrons. The molecule has 0 saturated heterocycles. The number of anilines is 1. The van der Waals surface area contributed by atoms with Crippen LogP contribution >= 0.6 is 0 Å². The third-order valence-electron chi connectivity index (χ3n) is 6.75. The van der Waals surface area contributed by atoms with Crippen molar-refractivity contribution in [1.29, 1.82) is 0 Å². The molecular weight excluding hydrogens is 438 g/mol. The first kappa shape index (κ1) is 22.2. The minimum absolute atomic E-state index is 0.169. The highest BCUT2D eigenvalue weighted by Gasteiger charge is 2.52. The number of amides is 1. The van der Waals surface area contributed by atoms with E-state index in [-0.39, 0.29) is 17.7 Å². The maximum atomic E-state index is 12.4. The molecule has 4 aromatic carbocycles. The molecule has 4 aromatic rings. The molecule has 1 aliphatic rings. The molecule has 0 N–H and O–H groups in total. The van der Waals surface area contributed by atoms with Crippen LogP contribution in [0.3, 0.4) is 0 Å². The molecule has 1 amide bonds. The van der Waals surface area contributed by atoms with Crippen LogP contribution in [0.25, 0.3) is 10.8 Å². The Morgan fingerprint density at radius 1 is 0.824 bits per heavy atom. The van der Waals surface area contributed by atoms with Gasteiger partial charge in [0.25, 0.3) is 0 Å². The van der Waals surface area contributed by atoms with Crippen molar-refractivity contribution in [2.75, 3.05) is 11.9 Å². The van der Waals surface area contributed by atoms with E-state index < -0.39 is 8.32 Å². The lowest BCUT2D eigenvalue weighted by Crippen LogP contribution is -2.68. The third-order valence-corrected chi connectivity index (χ3v) is 11.7. The average Bonchev–Trinajstić information content (AvgIpc) is 2.85. The van der Waals surface area contributed by atoms with E-state index in [4.69, 9.17) is 9.16 Å². The quantitative estimate of drug-likeness (QED) is 0.353. The van der Waals surface area contributed by atoms with E-state index in [0.717, 1.165) is 27.8 Å². The number of hydrogen-bond acceptors (Lipinski definition) is 3. The number of rotatable bonds is 4. The fourth-order valence-electron chi connectivity index (χ4n) is 5.07. The molecule has 34 heavy (non-hydrogen) atoms. The summed E-state index contributed by atoms with van der Waals surface area (Å²) in [4.78, 5) is 13.9.